The summed E-state index contributed by atoms with van der Waals surface area (Å²) in [6.07, 6.45) is 0. The first-order valence-corrected chi connectivity index (χ1v) is 5.16. The van der Waals surface area contributed by atoms with E-state index in [9.17, 15) is 17.6 Å². The van der Waals surface area contributed by atoms with Crippen molar-refractivity contribution in [3.63, 3.8) is 0 Å². The standard InChI is InChI=1S/C14H8F4/c15-11-8-4-7-10(13(11)17)14(18)12(16)9-5-2-1-3-6-9/h1-8H. The Morgan fingerprint density at radius 3 is 2.06 bits per heavy atom. The van der Waals surface area contributed by atoms with Gasteiger partial charge in [0.05, 0.1) is 5.56 Å². The Hall–Kier alpha value is -2.10. The number of rotatable bonds is 2. The van der Waals surface area contributed by atoms with Gasteiger partial charge in [-0.25, -0.2) is 17.6 Å². The molecule has 0 amide bonds. The van der Waals surface area contributed by atoms with Crippen molar-refractivity contribution in [2.24, 2.45) is 0 Å². The molecule has 2 rings (SSSR count). The van der Waals surface area contributed by atoms with E-state index in [1.807, 2.05) is 0 Å². The molecule has 2 aromatic rings. The molecule has 92 valence electrons. The third kappa shape index (κ3) is 2.27. The maximum Gasteiger partial charge on any atom is 0.169 e. The third-order valence-corrected chi connectivity index (χ3v) is 2.41. The molecule has 0 saturated heterocycles. The molecule has 0 atom stereocenters. The largest absolute Gasteiger partial charge is 0.204 e. The first kappa shape index (κ1) is 12.4. The highest BCUT2D eigenvalue weighted by molar-refractivity contribution is 5.83. The van der Waals surface area contributed by atoms with Crippen LogP contribution in [0, 0.1) is 11.6 Å². The number of hydrogen-bond acceptors (Lipinski definition) is 0. The number of benzene rings is 2. The molecule has 0 bridgehead atoms. The zero-order chi connectivity index (χ0) is 13.1. The average molecular weight is 252 g/mol. The second-order valence-electron chi connectivity index (χ2n) is 3.60. The van der Waals surface area contributed by atoms with Crippen LogP contribution >= 0.6 is 0 Å². The van der Waals surface area contributed by atoms with Crippen LogP contribution in [0.1, 0.15) is 11.1 Å². The Bertz CT molecular complexity index is 588. The fourth-order valence-electron chi connectivity index (χ4n) is 1.50. The summed E-state index contributed by atoms with van der Waals surface area (Å²) in [6.45, 7) is 0. The van der Waals surface area contributed by atoms with Gasteiger partial charge in [0.15, 0.2) is 23.3 Å². The molecular weight excluding hydrogens is 244 g/mol. The lowest BCUT2D eigenvalue weighted by Crippen LogP contribution is -1.92. The molecule has 0 aliphatic carbocycles. The Morgan fingerprint density at radius 2 is 1.39 bits per heavy atom. The van der Waals surface area contributed by atoms with E-state index in [1.165, 1.54) is 24.3 Å². The van der Waals surface area contributed by atoms with E-state index in [1.54, 1.807) is 6.07 Å². The molecule has 0 radical (unpaired) electrons. The molecule has 18 heavy (non-hydrogen) atoms. The Kier molecular flexibility index (Phi) is 3.46. The van der Waals surface area contributed by atoms with Crippen LogP contribution in [0.15, 0.2) is 48.5 Å². The van der Waals surface area contributed by atoms with Gasteiger partial charge in [0.1, 0.15) is 0 Å². The van der Waals surface area contributed by atoms with Crippen molar-refractivity contribution in [3.8, 4) is 0 Å². The summed E-state index contributed by atoms with van der Waals surface area (Å²) < 4.78 is 53.7. The molecular formula is C14H8F4. The van der Waals surface area contributed by atoms with Crippen molar-refractivity contribution < 1.29 is 17.6 Å². The summed E-state index contributed by atoms with van der Waals surface area (Å²) in [7, 11) is 0. The van der Waals surface area contributed by atoms with Crippen molar-refractivity contribution in [1.29, 1.82) is 0 Å². The molecule has 0 aliphatic heterocycles. The van der Waals surface area contributed by atoms with E-state index in [2.05, 4.69) is 0 Å². The van der Waals surface area contributed by atoms with Crippen LogP contribution in [0.5, 0.6) is 0 Å². The highest BCUT2D eigenvalue weighted by atomic mass is 19.2. The summed E-state index contributed by atoms with van der Waals surface area (Å²) in [4.78, 5) is 0. The molecule has 0 N–H and O–H groups in total. The quantitative estimate of drug-likeness (QED) is 0.535. The van der Waals surface area contributed by atoms with Crippen LogP contribution in [0.3, 0.4) is 0 Å². The van der Waals surface area contributed by atoms with E-state index in [4.69, 9.17) is 0 Å². The first-order valence-electron chi connectivity index (χ1n) is 5.16. The summed E-state index contributed by atoms with van der Waals surface area (Å²) in [5.41, 5.74) is -0.755. The fraction of sp³-hybridized carbons (Fsp3) is 0. The van der Waals surface area contributed by atoms with Crippen LogP contribution < -0.4 is 0 Å². The smallest absolute Gasteiger partial charge is 0.169 e. The van der Waals surface area contributed by atoms with Crippen LogP contribution in [0.25, 0.3) is 11.7 Å². The van der Waals surface area contributed by atoms with E-state index >= 15 is 0 Å². The van der Waals surface area contributed by atoms with Gasteiger partial charge in [0, 0.05) is 5.56 Å². The van der Waals surface area contributed by atoms with Crippen LogP contribution in [-0.4, -0.2) is 0 Å². The van der Waals surface area contributed by atoms with Gasteiger partial charge in [0.2, 0.25) is 0 Å². The van der Waals surface area contributed by atoms with Gasteiger partial charge >= 0.3 is 0 Å². The van der Waals surface area contributed by atoms with Crippen LogP contribution in [0.2, 0.25) is 0 Å². The van der Waals surface area contributed by atoms with Gasteiger partial charge < -0.3 is 0 Å². The Morgan fingerprint density at radius 1 is 0.722 bits per heavy atom. The second-order valence-corrected chi connectivity index (χ2v) is 3.60. The summed E-state index contributed by atoms with van der Waals surface area (Å²) in [5.74, 6) is -5.26. The third-order valence-electron chi connectivity index (χ3n) is 2.41. The average Bonchev–Trinajstić information content (AvgIpc) is 2.41. The number of hydrogen-bond donors (Lipinski definition) is 0. The topological polar surface area (TPSA) is 0 Å². The van der Waals surface area contributed by atoms with Crippen molar-refractivity contribution in [2.75, 3.05) is 0 Å². The molecule has 0 aromatic heterocycles. The minimum absolute atomic E-state index is 0.0290. The molecule has 0 nitrogen and oxygen atoms in total. The van der Waals surface area contributed by atoms with Crippen molar-refractivity contribution in [2.45, 2.75) is 0 Å². The van der Waals surface area contributed by atoms with E-state index in [-0.39, 0.29) is 5.56 Å². The maximum absolute atomic E-state index is 13.8. The highest BCUT2D eigenvalue weighted by Crippen LogP contribution is 2.30. The van der Waals surface area contributed by atoms with Gasteiger partial charge in [-0.05, 0) is 12.1 Å². The van der Waals surface area contributed by atoms with Crippen molar-refractivity contribution in [1.82, 2.24) is 0 Å². The minimum Gasteiger partial charge on any atom is -0.204 e. The summed E-state index contributed by atoms with van der Waals surface area (Å²) in [6, 6.07) is 10.3. The molecule has 4 heteroatoms. The van der Waals surface area contributed by atoms with Crippen LogP contribution in [0.4, 0.5) is 17.6 Å². The molecule has 0 saturated carbocycles. The molecule has 2 aromatic carbocycles. The fourth-order valence-corrected chi connectivity index (χ4v) is 1.50. The zero-order valence-corrected chi connectivity index (χ0v) is 9.13. The Labute approximate surface area is 101 Å². The summed E-state index contributed by atoms with van der Waals surface area (Å²) >= 11 is 0. The van der Waals surface area contributed by atoms with E-state index in [0.29, 0.717) is 0 Å². The van der Waals surface area contributed by atoms with Crippen LogP contribution in [-0.2, 0) is 0 Å². The maximum atomic E-state index is 13.8. The van der Waals surface area contributed by atoms with E-state index in [0.717, 1.165) is 18.2 Å². The van der Waals surface area contributed by atoms with Gasteiger partial charge in [-0.15, -0.1) is 0 Å². The SMILES string of the molecule is FC(=C(F)c1cccc(F)c1F)c1ccccc1. The lowest BCUT2D eigenvalue weighted by atomic mass is 10.1. The normalized spacial score (nSPS) is 12.2. The predicted octanol–water partition coefficient (Wildman–Crippen LogP) is 4.73. The van der Waals surface area contributed by atoms with E-state index < -0.39 is 28.9 Å². The Balaban J connectivity index is 2.54. The van der Waals surface area contributed by atoms with Gasteiger partial charge in [-0.1, -0.05) is 36.4 Å². The lowest BCUT2D eigenvalue weighted by molar-refractivity contribution is 0.502. The number of halogens is 4. The lowest BCUT2D eigenvalue weighted by Gasteiger charge is -2.03. The minimum atomic E-state index is -1.42. The zero-order valence-electron chi connectivity index (χ0n) is 9.13. The van der Waals surface area contributed by atoms with Gasteiger partial charge in [0.25, 0.3) is 0 Å². The molecule has 0 unspecified atom stereocenters. The molecule has 0 heterocycles. The first-order chi connectivity index (χ1) is 8.61. The molecule has 0 spiro atoms. The second kappa shape index (κ2) is 5.04. The predicted molar refractivity (Wildman–Crippen MR) is 61.8 cm³/mol. The van der Waals surface area contributed by atoms with Gasteiger partial charge in [-0.3, -0.25) is 0 Å². The molecule has 0 fully saturated rings. The molecule has 0 aliphatic rings. The monoisotopic (exact) mass is 252 g/mol. The van der Waals surface area contributed by atoms with Gasteiger partial charge in [-0.2, -0.15) is 0 Å². The summed E-state index contributed by atoms with van der Waals surface area (Å²) in [5, 5.41) is 0. The highest BCUT2D eigenvalue weighted by Gasteiger charge is 2.17. The van der Waals surface area contributed by atoms with Crippen molar-refractivity contribution >= 4 is 11.7 Å². The van der Waals surface area contributed by atoms with Crippen molar-refractivity contribution in [3.05, 3.63) is 71.3 Å².